The zero-order valence-electron chi connectivity index (χ0n) is 17.4. The van der Waals surface area contributed by atoms with Crippen molar-refractivity contribution in [1.29, 1.82) is 0 Å². The van der Waals surface area contributed by atoms with Gasteiger partial charge in [0.15, 0.2) is 17.5 Å². The van der Waals surface area contributed by atoms with Gasteiger partial charge in [0.05, 0.1) is 26.8 Å². The molecule has 0 aromatic heterocycles. The number of rotatable bonds is 11. The van der Waals surface area contributed by atoms with Crippen molar-refractivity contribution < 1.29 is 19.3 Å². The summed E-state index contributed by atoms with van der Waals surface area (Å²) >= 11 is 0. The first-order valence-corrected chi connectivity index (χ1v) is 9.75. The van der Waals surface area contributed by atoms with E-state index < -0.39 is 0 Å². The standard InChI is InChI=1S/C22H31N3O4/c1-4-23-22(25(2)12-14-28-19-8-6-5-7-9-19)24-17-18-10-11-20(29-15-13-26)21(16-18)27-3/h5-11,16,26H,4,12-15,17H2,1-3H3,(H,23,24). The highest BCUT2D eigenvalue weighted by atomic mass is 16.5. The predicted molar refractivity (Wildman–Crippen MR) is 115 cm³/mol. The number of likely N-dealkylation sites (N-methyl/N-ethyl adjacent to an activating group) is 1. The lowest BCUT2D eigenvalue weighted by atomic mass is 10.2. The van der Waals surface area contributed by atoms with E-state index >= 15 is 0 Å². The Balaban J connectivity index is 1.96. The Morgan fingerprint density at radius 3 is 2.55 bits per heavy atom. The van der Waals surface area contributed by atoms with Crippen molar-refractivity contribution in [3.05, 3.63) is 54.1 Å². The van der Waals surface area contributed by atoms with E-state index in [4.69, 9.17) is 24.3 Å². The molecule has 158 valence electrons. The first-order valence-electron chi connectivity index (χ1n) is 9.75. The zero-order valence-corrected chi connectivity index (χ0v) is 17.4. The highest BCUT2D eigenvalue weighted by Crippen LogP contribution is 2.28. The quantitative estimate of drug-likeness (QED) is 0.445. The van der Waals surface area contributed by atoms with Crippen LogP contribution >= 0.6 is 0 Å². The first kappa shape index (κ1) is 22.4. The molecule has 0 aliphatic carbocycles. The number of guanidine groups is 1. The van der Waals surface area contributed by atoms with Crippen molar-refractivity contribution in [3.63, 3.8) is 0 Å². The molecule has 0 amide bonds. The third kappa shape index (κ3) is 7.54. The number of para-hydroxylation sites is 1. The highest BCUT2D eigenvalue weighted by molar-refractivity contribution is 5.79. The van der Waals surface area contributed by atoms with Gasteiger partial charge in [-0.15, -0.1) is 0 Å². The Morgan fingerprint density at radius 2 is 1.86 bits per heavy atom. The normalized spacial score (nSPS) is 11.1. The molecule has 0 unspecified atom stereocenters. The molecule has 0 spiro atoms. The number of methoxy groups -OCH3 is 1. The van der Waals surface area contributed by atoms with E-state index in [-0.39, 0.29) is 13.2 Å². The maximum Gasteiger partial charge on any atom is 0.194 e. The molecule has 0 bridgehead atoms. The highest BCUT2D eigenvalue weighted by Gasteiger charge is 2.08. The summed E-state index contributed by atoms with van der Waals surface area (Å²) in [5, 5.41) is 12.2. The molecule has 0 aliphatic heterocycles. The molecule has 0 radical (unpaired) electrons. The molecule has 0 saturated heterocycles. The van der Waals surface area contributed by atoms with Crippen LogP contribution in [0.3, 0.4) is 0 Å². The summed E-state index contributed by atoms with van der Waals surface area (Å²) in [5.74, 6) is 2.90. The van der Waals surface area contributed by atoms with E-state index in [0.717, 1.165) is 23.8 Å². The lowest BCUT2D eigenvalue weighted by Crippen LogP contribution is -2.40. The molecule has 0 saturated carbocycles. The summed E-state index contributed by atoms with van der Waals surface area (Å²) in [6, 6.07) is 15.5. The SMILES string of the molecule is CCNC(=NCc1ccc(OCCO)c(OC)c1)N(C)CCOc1ccccc1. The number of aliphatic hydroxyl groups is 1. The largest absolute Gasteiger partial charge is 0.493 e. The van der Waals surface area contributed by atoms with Gasteiger partial charge >= 0.3 is 0 Å². The average Bonchev–Trinajstić information content (AvgIpc) is 2.76. The van der Waals surface area contributed by atoms with Crippen molar-refractivity contribution in [3.8, 4) is 17.2 Å². The summed E-state index contributed by atoms with van der Waals surface area (Å²) in [4.78, 5) is 6.76. The second-order valence-electron chi connectivity index (χ2n) is 6.31. The third-order valence-electron chi connectivity index (χ3n) is 4.12. The maximum absolute atomic E-state index is 8.92. The number of ether oxygens (including phenoxy) is 3. The molecule has 2 N–H and O–H groups in total. The second-order valence-corrected chi connectivity index (χ2v) is 6.31. The van der Waals surface area contributed by atoms with Crippen LogP contribution in [0.1, 0.15) is 12.5 Å². The molecule has 0 heterocycles. The topological polar surface area (TPSA) is 75.6 Å². The Labute approximate surface area is 172 Å². The Hall–Kier alpha value is -2.93. The Bertz CT molecular complexity index is 753. The van der Waals surface area contributed by atoms with Crippen molar-refractivity contribution in [1.82, 2.24) is 10.2 Å². The van der Waals surface area contributed by atoms with Crippen molar-refractivity contribution in [2.45, 2.75) is 13.5 Å². The Kier molecular flexibility index (Phi) is 9.65. The number of hydrogen-bond donors (Lipinski definition) is 2. The van der Waals surface area contributed by atoms with Crippen LogP contribution in [-0.2, 0) is 6.54 Å². The van der Waals surface area contributed by atoms with Crippen molar-refractivity contribution in [2.24, 2.45) is 4.99 Å². The molecular formula is C22H31N3O4. The summed E-state index contributed by atoms with van der Waals surface area (Å²) in [7, 11) is 3.58. The van der Waals surface area contributed by atoms with Crippen LogP contribution in [0.2, 0.25) is 0 Å². The number of nitrogens with one attached hydrogen (secondary N) is 1. The van der Waals surface area contributed by atoms with Crippen LogP contribution in [-0.4, -0.2) is 63.0 Å². The van der Waals surface area contributed by atoms with Crippen LogP contribution in [0.15, 0.2) is 53.5 Å². The summed E-state index contributed by atoms with van der Waals surface area (Å²) in [6.45, 7) is 4.78. The Morgan fingerprint density at radius 1 is 1.07 bits per heavy atom. The minimum Gasteiger partial charge on any atom is -0.493 e. The van der Waals surface area contributed by atoms with Crippen LogP contribution in [0.5, 0.6) is 17.2 Å². The van der Waals surface area contributed by atoms with Crippen molar-refractivity contribution >= 4 is 5.96 Å². The van der Waals surface area contributed by atoms with Gasteiger partial charge in [-0.3, -0.25) is 0 Å². The molecule has 29 heavy (non-hydrogen) atoms. The lowest BCUT2D eigenvalue weighted by molar-refractivity contribution is 0.196. The third-order valence-corrected chi connectivity index (χ3v) is 4.12. The van der Waals surface area contributed by atoms with Gasteiger partial charge in [-0.1, -0.05) is 24.3 Å². The van der Waals surface area contributed by atoms with Crippen molar-refractivity contribution in [2.75, 3.05) is 47.1 Å². The van der Waals surface area contributed by atoms with E-state index in [9.17, 15) is 0 Å². The number of nitrogens with zero attached hydrogens (tertiary/aromatic N) is 2. The summed E-state index contributed by atoms with van der Waals surface area (Å²) < 4.78 is 16.6. The van der Waals surface area contributed by atoms with E-state index in [1.165, 1.54) is 0 Å². The van der Waals surface area contributed by atoms with Gasteiger partial charge in [0, 0.05) is 13.6 Å². The van der Waals surface area contributed by atoms with Gasteiger partial charge in [-0.25, -0.2) is 4.99 Å². The van der Waals surface area contributed by atoms with Gasteiger partial charge in [0.25, 0.3) is 0 Å². The lowest BCUT2D eigenvalue weighted by Gasteiger charge is -2.22. The fraction of sp³-hybridized carbons (Fsp3) is 0.409. The van der Waals surface area contributed by atoms with Crippen LogP contribution in [0.25, 0.3) is 0 Å². The molecule has 0 fully saturated rings. The molecule has 2 aromatic rings. The maximum atomic E-state index is 8.92. The monoisotopic (exact) mass is 401 g/mol. The summed E-state index contributed by atoms with van der Waals surface area (Å²) in [5.41, 5.74) is 1.00. The molecule has 0 atom stereocenters. The van der Waals surface area contributed by atoms with Crippen LogP contribution < -0.4 is 19.5 Å². The van der Waals surface area contributed by atoms with E-state index in [0.29, 0.717) is 31.2 Å². The van der Waals surface area contributed by atoms with Gasteiger partial charge in [0.2, 0.25) is 0 Å². The fourth-order valence-electron chi connectivity index (χ4n) is 2.64. The van der Waals surface area contributed by atoms with Gasteiger partial charge in [-0.2, -0.15) is 0 Å². The van der Waals surface area contributed by atoms with Crippen LogP contribution in [0.4, 0.5) is 0 Å². The van der Waals surface area contributed by atoms with Crippen LogP contribution in [0, 0.1) is 0 Å². The minimum absolute atomic E-state index is 0.0401. The zero-order chi connectivity index (χ0) is 20.9. The van der Waals surface area contributed by atoms with E-state index in [1.54, 1.807) is 7.11 Å². The van der Waals surface area contributed by atoms with Gasteiger partial charge in [-0.05, 0) is 36.8 Å². The second kappa shape index (κ2) is 12.5. The smallest absolute Gasteiger partial charge is 0.194 e. The summed E-state index contributed by atoms with van der Waals surface area (Å²) in [6.07, 6.45) is 0. The van der Waals surface area contributed by atoms with Gasteiger partial charge < -0.3 is 29.5 Å². The minimum atomic E-state index is -0.0401. The number of benzene rings is 2. The predicted octanol–water partition coefficient (Wildman–Crippen LogP) is 2.54. The number of aliphatic imine (C=N–C) groups is 1. The van der Waals surface area contributed by atoms with Gasteiger partial charge in [0.1, 0.15) is 19.0 Å². The first-order chi connectivity index (χ1) is 14.2. The fourth-order valence-corrected chi connectivity index (χ4v) is 2.64. The number of hydrogen-bond acceptors (Lipinski definition) is 5. The molecule has 7 nitrogen and oxygen atoms in total. The molecule has 0 aliphatic rings. The van der Waals surface area contributed by atoms with E-state index in [1.807, 2.05) is 67.4 Å². The average molecular weight is 402 g/mol. The number of aliphatic hydroxyl groups excluding tert-OH is 1. The van der Waals surface area contributed by atoms with E-state index in [2.05, 4.69) is 5.32 Å². The molecular weight excluding hydrogens is 370 g/mol. The molecule has 2 rings (SSSR count). The molecule has 7 heteroatoms. The molecule has 2 aromatic carbocycles.